The highest BCUT2D eigenvalue weighted by Crippen LogP contribution is 2.01. The van der Waals surface area contributed by atoms with E-state index in [1.165, 1.54) is 0 Å². The molecule has 2 aliphatic heterocycles. The quantitative estimate of drug-likeness (QED) is 0.410. The van der Waals surface area contributed by atoms with Gasteiger partial charge < -0.3 is 5.11 Å². The van der Waals surface area contributed by atoms with E-state index in [0.29, 0.717) is 0 Å². The Hall–Kier alpha value is -3.11. The number of carbonyl (C=O) groups is 5. The minimum Gasteiger partial charge on any atom is -0.857 e. The third-order valence-corrected chi connectivity index (χ3v) is 2.07. The third kappa shape index (κ3) is 2.29. The number of amides is 7. The monoisotopic (exact) mass is 266 g/mol. The molecule has 2 aliphatic rings. The topological polar surface area (TPSA) is 169 Å². The molecule has 2 rings (SSSR count). The average molecular weight is 266 g/mol. The standard InChI is InChI=1S/C8H5N5O6/c14-3-1(4(15)11-7(18)10-3)9-2-5(16)12-8(19)13-6(2)17/h1H,(H2,10,11,14,15,18)(H2,12,13,16,17,19)/p-1. The molecule has 0 saturated carbocycles. The van der Waals surface area contributed by atoms with Gasteiger partial charge >= 0.3 is 12.1 Å². The molecule has 0 atom stereocenters. The lowest BCUT2D eigenvalue weighted by atomic mass is 10.2. The molecule has 0 unspecified atom stereocenters. The van der Waals surface area contributed by atoms with E-state index in [4.69, 9.17) is 0 Å². The van der Waals surface area contributed by atoms with E-state index < -0.39 is 47.4 Å². The fraction of sp³-hybridized carbons (Fsp3) is 0.125. The first-order valence-electron chi connectivity index (χ1n) is 4.73. The molecule has 0 aliphatic carbocycles. The van der Waals surface area contributed by atoms with Gasteiger partial charge in [0.2, 0.25) is 6.04 Å². The Bertz CT molecular complexity index is 570. The van der Waals surface area contributed by atoms with Crippen molar-refractivity contribution in [3.63, 3.8) is 0 Å². The van der Waals surface area contributed by atoms with Crippen LogP contribution in [0.1, 0.15) is 0 Å². The van der Waals surface area contributed by atoms with Crippen molar-refractivity contribution in [3.05, 3.63) is 0 Å². The number of urea groups is 2. The maximum Gasteiger partial charge on any atom is 0.347 e. The average Bonchev–Trinajstić information content (AvgIpc) is 2.25. The van der Waals surface area contributed by atoms with Gasteiger partial charge in [-0.2, -0.15) is 0 Å². The SMILES string of the molecule is O=C1N=C([O-])C(=NC2C(=O)NC(=O)NC2=O)C(=O)N1. The molecular formula is C8H4N5O6-. The van der Waals surface area contributed by atoms with E-state index in [-0.39, 0.29) is 0 Å². The van der Waals surface area contributed by atoms with Crippen LogP contribution in [0.5, 0.6) is 0 Å². The second-order valence-corrected chi connectivity index (χ2v) is 3.36. The Morgan fingerprint density at radius 3 is 2.11 bits per heavy atom. The summed E-state index contributed by atoms with van der Waals surface area (Å²) in [6.45, 7) is 0. The molecule has 0 aromatic carbocycles. The molecule has 0 radical (unpaired) electrons. The maximum absolute atomic E-state index is 11.3. The molecule has 7 amide bonds. The van der Waals surface area contributed by atoms with Gasteiger partial charge in [0.1, 0.15) is 5.71 Å². The number of imide groups is 3. The summed E-state index contributed by atoms with van der Waals surface area (Å²) in [7, 11) is 0. The first-order chi connectivity index (χ1) is 8.88. The van der Waals surface area contributed by atoms with Gasteiger partial charge in [-0.05, 0) is 0 Å². The molecule has 19 heavy (non-hydrogen) atoms. The number of nitrogens with zero attached hydrogens (tertiary/aromatic N) is 2. The summed E-state index contributed by atoms with van der Waals surface area (Å²) < 4.78 is 0. The highest BCUT2D eigenvalue weighted by Gasteiger charge is 2.35. The maximum atomic E-state index is 11.3. The lowest BCUT2D eigenvalue weighted by molar-refractivity contribution is -0.209. The van der Waals surface area contributed by atoms with E-state index in [2.05, 4.69) is 9.98 Å². The van der Waals surface area contributed by atoms with Gasteiger partial charge in [-0.3, -0.25) is 35.3 Å². The lowest BCUT2D eigenvalue weighted by Crippen LogP contribution is -2.59. The fourth-order valence-corrected chi connectivity index (χ4v) is 1.30. The molecule has 11 nitrogen and oxygen atoms in total. The summed E-state index contributed by atoms with van der Waals surface area (Å²) in [5.74, 6) is -4.65. The van der Waals surface area contributed by atoms with E-state index in [1.54, 1.807) is 16.0 Å². The normalized spacial score (nSPS) is 22.8. The van der Waals surface area contributed by atoms with Crippen LogP contribution in [0.2, 0.25) is 0 Å². The molecule has 98 valence electrons. The van der Waals surface area contributed by atoms with Crippen LogP contribution in [-0.4, -0.2) is 47.4 Å². The van der Waals surface area contributed by atoms with Crippen LogP contribution in [0.15, 0.2) is 9.98 Å². The van der Waals surface area contributed by atoms with Gasteiger partial charge in [0.15, 0.2) is 0 Å². The molecule has 1 fully saturated rings. The van der Waals surface area contributed by atoms with E-state index in [1.807, 2.05) is 0 Å². The molecule has 0 aromatic rings. The summed E-state index contributed by atoms with van der Waals surface area (Å²) in [5, 5.41) is 16.4. The molecule has 3 N–H and O–H groups in total. The zero-order chi connectivity index (χ0) is 14.2. The van der Waals surface area contributed by atoms with Crippen molar-refractivity contribution in [2.24, 2.45) is 9.98 Å². The van der Waals surface area contributed by atoms with Crippen molar-refractivity contribution in [2.45, 2.75) is 6.04 Å². The Labute approximate surface area is 103 Å². The van der Waals surface area contributed by atoms with Crippen molar-refractivity contribution in [3.8, 4) is 0 Å². The van der Waals surface area contributed by atoms with Crippen molar-refractivity contribution in [2.75, 3.05) is 0 Å². The van der Waals surface area contributed by atoms with Gasteiger partial charge in [0.05, 0.1) is 0 Å². The van der Waals surface area contributed by atoms with Crippen LogP contribution in [0.3, 0.4) is 0 Å². The second kappa shape index (κ2) is 4.29. The Balaban J connectivity index is 2.35. The highest BCUT2D eigenvalue weighted by molar-refractivity contribution is 6.67. The van der Waals surface area contributed by atoms with Crippen LogP contribution < -0.4 is 21.1 Å². The lowest BCUT2D eigenvalue weighted by Gasteiger charge is -2.21. The zero-order valence-electron chi connectivity index (χ0n) is 8.92. The molecular weight excluding hydrogens is 262 g/mol. The molecule has 0 spiro atoms. The van der Waals surface area contributed by atoms with Crippen LogP contribution >= 0.6 is 0 Å². The minimum absolute atomic E-state index is 0.871. The molecule has 2 heterocycles. The second-order valence-electron chi connectivity index (χ2n) is 3.36. The largest absolute Gasteiger partial charge is 0.857 e. The predicted molar refractivity (Wildman–Crippen MR) is 53.9 cm³/mol. The highest BCUT2D eigenvalue weighted by atomic mass is 16.3. The van der Waals surface area contributed by atoms with Gasteiger partial charge in [-0.1, -0.05) is 0 Å². The van der Waals surface area contributed by atoms with E-state index >= 15 is 0 Å². The molecule has 0 bridgehead atoms. The van der Waals surface area contributed by atoms with E-state index in [9.17, 15) is 29.1 Å². The first-order valence-corrected chi connectivity index (χ1v) is 4.73. The van der Waals surface area contributed by atoms with Gasteiger partial charge in [0.25, 0.3) is 17.7 Å². The van der Waals surface area contributed by atoms with Crippen molar-refractivity contribution in [1.82, 2.24) is 16.0 Å². The third-order valence-electron chi connectivity index (χ3n) is 2.07. The summed E-state index contributed by atoms with van der Waals surface area (Å²) in [6.07, 6.45) is 0. The minimum atomic E-state index is -1.79. The van der Waals surface area contributed by atoms with Gasteiger partial charge in [0, 0.05) is 5.90 Å². The Morgan fingerprint density at radius 2 is 1.58 bits per heavy atom. The van der Waals surface area contributed by atoms with Gasteiger partial charge in [-0.15, -0.1) is 0 Å². The summed E-state index contributed by atoms with van der Waals surface area (Å²) in [4.78, 5) is 61.6. The predicted octanol–water partition coefficient (Wildman–Crippen LogP) is -3.83. The zero-order valence-corrected chi connectivity index (χ0v) is 8.92. The molecule has 11 heteroatoms. The smallest absolute Gasteiger partial charge is 0.347 e. The number of rotatable bonds is 1. The first kappa shape index (κ1) is 12.3. The van der Waals surface area contributed by atoms with Crippen molar-refractivity contribution >= 4 is 41.4 Å². The van der Waals surface area contributed by atoms with Gasteiger partial charge in [-0.25, -0.2) is 14.6 Å². The molecule has 0 aromatic heterocycles. The number of barbiturate groups is 1. The molecule has 1 saturated heterocycles. The van der Waals surface area contributed by atoms with Crippen molar-refractivity contribution in [1.29, 1.82) is 0 Å². The van der Waals surface area contributed by atoms with Crippen molar-refractivity contribution < 1.29 is 29.1 Å². The van der Waals surface area contributed by atoms with Crippen LogP contribution in [0.25, 0.3) is 0 Å². The Kier molecular flexibility index (Phi) is 2.79. The summed E-state index contributed by atoms with van der Waals surface area (Å²) >= 11 is 0. The number of carbonyl (C=O) groups excluding carboxylic acids is 5. The Morgan fingerprint density at radius 1 is 1.00 bits per heavy atom. The number of nitrogens with one attached hydrogen (secondary N) is 3. The number of aliphatic imine (C=N–C) groups is 2. The van der Waals surface area contributed by atoms with Crippen LogP contribution in [0.4, 0.5) is 9.59 Å². The number of hydrogen-bond acceptors (Lipinski definition) is 7. The number of hydrogen-bond donors (Lipinski definition) is 3. The summed E-state index contributed by atoms with van der Waals surface area (Å²) in [6, 6.07) is -3.99. The summed E-state index contributed by atoms with van der Waals surface area (Å²) in [5.41, 5.74) is -0.871. The van der Waals surface area contributed by atoms with Crippen LogP contribution in [-0.2, 0) is 14.4 Å². The fourth-order valence-electron chi connectivity index (χ4n) is 1.30. The van der Waals surface area contributed by atoms with E-state index in [0.717, 1.165) is 0 Å². The van der Waals surface area contributed by atoms with Crippen LogP contribution in [0, 0.1) is 0 Å².